The van der Waals surface area contributed by atoms with E-state index in [-0.39, 0.29) is 28.2 Å². The van der Waals surface area contributed by atoms with E-state index in [2.05, 4.69) is 24.8 Å². The Kier molecular flexibility index (Phi) is 7.11. The van der Waals surface area contributed by atoms with Crippen molar-refractivity contribution < 1.29 is 17.9 Å². The first-order valence-corrected chi connectivity index (χ1v) is 12.6. The number of aliphatic imine (C=N–C) groups is 1. The molecule has 0 saturated carbocycles. The van der Waals surface area contributed by atoms with Crippen molar-refractivity contribution in [2.24, 2.45) is 4.99 Å². The number of sulfonamides is 1. The molecule has 4 aromatic rings. The maximum Gasteiger partial charge on any atom is 0.321 e. The molecule has 0 unspecified atom stereocenters. The number of aryl methyl sites for hydroxylation is 3. The standard InChI is InChI=1S/C25H26N6O5S/c1-15-6-9-19(12-16(15)2)31-24(32)21(17(3)29-31)14-26-18-7-10-20(11-8-18)37(33,34)30-22-13-23(35-4)28-25(27-22)36-5/h6-14,29H,1-5H3,(H,27,28,30). The Morgan fingerprint density at radius 2 is 1.70 bits per heavy atom. The molecule has 0 aliphatic rings. The lowest BCUT2D eigenvalue weighted by Crippen LogP contribution is -2.17. The van der Waals surface area contributed by atoms with Gasteiger partial charge in [0.2, 0.25) is 5.88 Å². The van der Waals surface area contributed by atoms with Crippen molar-refractivity contribution in [1.82, 2.24) is 19.7 Å². The van der Waals surface area contributed by atoms with E-state index in [1.807, 2.05) is 32.0 Å². The third-order valence-corrected chi connectivity index (χ3v) is 7.04. The number of ether oxygens (including phenoxy) is 2. The first-order chi connectivity index (χ1) is 17.6. The van der Waals surface area contributed by atoms with Gasteiger partial charge in [0.1, 0.15) is 0 Å². The van der Waals surface area contributed by atoms with Crippen LogP contribution in [-0.4, -0.2) is 48.6 Å². The number of anilines is 1. The summed E-state index contributed by atoms with van der Waals surface area (Å²) in [6.07, 6.45) is 1.47. The third-order valence-electron chi connectivity index (χ3n) is 5.67. The van der Waals surface area contributed by atoms with E-state index in [1.54, 1.807) is 6.92 Å². The highest BCUT2D eigenvalue weighted by molar-refractivity contribution is 7.92. The Morgan fingerprint density at radius 3 is 2.35 bits per heavy atom. The van der Waals surface area contributed by atoms with Crippen LogP contribution in [0.2, 0.25) is 0 Å². The molecule has 37 heavy (non-hydrogen) atoms. The van der Waals surface area contributed by atoms with Gasteiger partial charge in [-0.1, -0.05) is 6.07 Å². The van der Waals surface area contributed by atoms with Crippen LogP contribution in [0.1, 0.15) is 22.4 Å². The van der Waals surface area contributed by atoms with Crippen molar-refractivity contribution >= 4 is 27.7 Å². The van der Waals surface area contributed by atoms with Crippen LogP contribution in [0.5, 0.6) is 11.9 Å². The van der Waals surface area contributed by atoms with Crippen LogP contribution >= 0.6 is 0 Å². The average molecular weight is 523 g/mol. The van der Waals surface area contributed by atoms with Crippen LogP contribution in [0.15, 0.2) is 63.2 Å². The molecule has 0 bridgehead atoms. The van der Waals surface area contributed by atoms with Crippen LogP contribution in [0.25, 0.3) is 5.69 Å². The van der Waals surface area contributed by atoms with Gasteiger partial charge in [0.25, 0.3) is 15.6 Å². The summed E-state index contributed by atoms with van der Waals surface area (Å²) in [6.45, 7) is 5.79. The van der Waals surface area contributed by atoms with Crippen LogP contribution in [0, 0.1) is 20.8 Å². The quantitative estimate of drug-likeness (QED) is 0.338. The Morgan fingerprint density at radius 1 is 0.973 bits per heavy atom. The zero-order chi connectivity index (χ0) is 26.7. The van der Waals surface area contributed by atoms with Crippen LogP contribution in [0.4, 0.5) is 11.5 Å². The van der Waals surface area contributed by atoms with Crippen molar-refractivity contribution in [3.8, 4) is 17.6 Å². The van der Waals surface area contributed by atoms with Crippen molar-refractivity contribution in [3.63, 3.8) is 0 Å². The Hall–Kier alpha value is -4.45. The molecule has 0 fully saturated rings. The number of benzene rings is 2. The van der Waals surface area contributed by atoms with E-state index in [0.717, 1.165) is 16.8 Å². The second kappa shape index (κ2) is 10.3. The molecule has 0 atom stereocenters. The molecule has 2 heterocycles. The van der Waals surface area contributed by atoms with Gasteiger partial charge in [-0.3, -0.25) is 19.6 Å². The molecule has 2 N–H and O–H groups in total. The van der Waals surface area contributed by atoms with Gasteiger partial charge in [0.05, 0.1) is 36.1 Å². The van der Waals surface area contributed by atoms with Gasteiger partial charge in [-0.2, -0.15) is 9.97 Å². The van der Waals surface area contributed by atoms with Gasteiger partial charge in [-0.05, 0) is 68.3 Å². The summed E-state index contributed by atoms with van der Waals surface area (Å²) in [4.78, 5) is 25.3. The molecular weight excluding hydrogens is 496 g/mol. The number of hydrogen-bond donors (Lipinski definition) is 2. The second-order valence-electron chi connectivity index (χ2n) is 8.20. The number of aromatic nitrogens is 4. The number of methoxy groups -OCH3 is 2. The maximum absolute atomic E-state index is 13.0. The molecule has 2 aromatic heterocycles. The Bertz CT molecular complexity index is 1620. The molecule has 2 aromatic carbocycles. The number of nitrogens with zero attached hydrogens (tertiary/aromatic N) is 4. The van der Waals surface area contributed by atoms with Crippen molar-refractivity contribution in [2.75, 3.05) is 18.9 Å². The van der Waals surface area contributed by atoms with Gasteiger partial charge in [0.15, 0.2) is 5.82 Å². The largest absolute Gasteiger partial charge is 0.481 e. The number of rotatable bonds is 8. The molecule has 0 saturated heterocycles. The molecule has 11 nitrogen and oxygen atoms in total. The van der Waals surface area contributed by atoms with Crippen molar-refractivity contribution in [3.05, 3.63) is 81.3 Å². The van der Waals surface area contributed by atoms with E-state index >= 15 is 0 Å². The monoisotopic (exact) mass is 522 g/mol. The first-order valence-electron chi connectivity index (χ1n) is 11.1. The molecule has 0 spiro atoms. The highest BCUT2D eigenvalue weighted by Crippen LogP contribution is 2.22. The van der Waals surface area contributed by atoms with E-state index in [9.17, 15) is 13.2 Å². The van der Waals surface area contributed by atoms with Gasteiger partial charge >= 0.3 is 6.01 Å². The van der Waals surface area contributed by atoms with Crippen LogP contribution in [0.3, 0.4) is 0 Å². The third kappa shape index (κ3) is 5.54. The zero-order valence-corrected chi connectivity index (χ0v) is 21.8. The first kappa shape index (κ1) is 25.6. The Balaban J connectivity index is 1.55. The minimum Gasteiger partial charge on any atom is -0.481 e. The second-order valence-corrected chi connectivity index (χ2v) is 9.88. The summed E-state index contributed by atoms with van der Waals surface area (Å²) in [5, 5.41) is 3.08. The summed E-state index contributed by atoms with van der Waals surface area (Å²) in [5.74, 6) is 0.139. The molecule has 12 heteroatoms. The number of aromatic amines is 1. The molecule has 0 amide bonds. The zero-order valence-electron chi connectivity index (χ0n) is 20.9. The normalized spacial score (nSPS) is 11.6. The molecule has 0 aliphatic heterocycles. The fourth-order valence-corrected chi connectivity index (χ4v) is 4.45. The fourth-order valence-electron chi connectivity index (χ4n) is 3.46. The van der Waals surface area contributed by atoms with Gasteiger partial charge in [-0.15, -0.1) is 0 Å². The Labute approximate surface area is 213 Å². The fraction of sp³-hybridized carbons (Fsp3) is 0.200. The molecule has 0 aliphatic carbocycles. The van der Waals surface area contributed by atoms with Crippen LogP contribution in [-0.2, 0) is 10.0 Å². The molecule has 4 rings (SSSR count). The van der Waals surface area contributed by atoms with Crippen molar-refractivity contribution in [2.45, 2.75) is 25.7 Å². The topological polar surface area (TPSA) is 141 Å². The van der Waals surface area contributed by atoms with Crippen molar-refractivity contribution in [1.29, 1.82) is 0 Å². The summed E-state index contributed by atoms with van der Waals surface area (Å²) < 4.78 is 39.5. The summed E-state index contributed by atoms with van der Waals surface area (Å²) in [7, 11) is -1.20. The molecule has 192 valence electrons. The van der Waals surface area contributed by atoms with E-state index in [1.165, 1.54) is 55.4 Å². The molecular formula is C25H26N6O5S. The minimum absolute atomic E-state index is 0.00193. The summed E-state index contributed by atoms with van der Waals surface area (Å²) >= 11 is 0. The van der Waals surface area contributed by atoms with E-state index in [0.29, 0.717) is 16.9 Å². The summed E-state index contributed by atoms with van der Waals surface area (Å²) in [6, 6.07) is 13.0. The highest BCUT2D eigenvalue weighted by Gasteiger charge is 2.17. The summed E-state index contributed by atoms with van der Waals surface area (Å²) in [5.41, 5.74) is 4.25. The minimum atomic E-state index is -3.96. The molecule has 0 radical (unpaired) electrons. The average Bonchev–Trinajstić information content (AvgIpc) is 3.16. The predicted octanol–water partition coefficient (Wildman–Crippen LogP) is 3.45. The van der Waals surface area contributed by atoms with Gasteiger partial charge < -0.3 is 9.47 Å². The number of H-pyrrole nitrogens is 1. The van der Waals surface area contributed by atoms with Gasteiger partial charge in [0, 0.05) is 18.0 Å². The van der Waals surface area contributed by atoms with E-state index < -0.39 is 10.0 Å². The predicted molar refractivity (Wildman–Crippen MR) is 140 cm³/mol. The lowest BCUT2D eigenvalue weighted by atomic mass is 10.1. The lowest BCUT2D eigenvalue weighted by Gasteiger charge is -2.09. The highest BCUT2D eigenvalue weighted by atomic mass is 32.2. The van der Waals surface area contributed by atoms with E-state index in [4.69, 9.17) is 9.47 Å². The smallest absolute Gasteiger partial charge is 0.321 e. The maximum atomic E-state index is 13.0. The van der Waals surface area contributed by atoms with Crippen LogP contribution < -0.4 is 19.8 Å². The lowest BCUT2D eigenvalue weighted by molar-refractivity contribution is 0.353. The number of nitrogens with one attached hydrogen (secondary N) is 2. The van der Waals surface area contributed by atoms with Gasteiger partial charge in [-0.25, -0.2) is 13.1 Å². The number of hydrogen-bond acceptors (Lipinski definition) is 8. The SMILES string of the molecule is COc1cc(NS(=O)(=O)c2ccc(N=Cc3c(C)[nH]n(-c4ccc(C)c(C)c4)c3=O)cc2)nc(OC)n1.